The Balaban J connectivity index is 2.86. The van der Waals surface area contributed by atoms with Crippen LogP contribution in [0.4, 0.5) is 0 Å². The molecule has 0 aromatic rings. The van der Waals surface area contributed by atoms with Gasteiger partial charge in [-0.3, -0.25) is 4.79 Å². The maximum Gasteiger partial charge on any atom is 0.183 e. The van der Waals surface area contributed by atoms with E-state index in [2.05, 4.69) is 15.9 Å². The van der Waals surface area contributed by atoms with Gasteiger partial charge in [-0.1, -0.05) is 6.08 Å². The molecule has 0 amide bonds. The van der Waals surface area contributed by atoms with Crippen LogP contribution in [0.25, 0.3) is 0 Å². The minimum absolute atomic E-state index is 0.0972. The van der Waals surface area contributed by atoms with Crippen LogP contribution in [0.3, 0.4) is 0 Å². The monoisotopic (exact) mass is 246 g/mol. The van der Waals surface area contributed by atoms with E-state index in [1.807, 2.05) is 6.92 Å². The predicted octanol–water partition coefficient (Wildman–Crippen LogP) is 2.08. The molecule has 1 N–H and O–H groups in total. The van der Waals surface area contributed by atoms with E-state index in [0.29, 0.717) is 18.6 Å². The Morgan fingerprint density at radius 3 is 3.00 bits per heavy atom. The van der Waals surface area contributed by atoms with Gasteiger partial charge < -0.3 is 9.84 Å². The van der Waals surface area contributed by atoms with Gasteiger partial charge in [-0.15, -0.1) is 0 Å². The highest BCUT2D eigenvalue weighted by Gasteiger charge is 2.35. The van der Waals surface area contributed by atoms with Crippen molar-refractivity contribution in [1.82, 2.24) is 0 Å². The summed E-state index contributed by atoms with van der Waals surface area (Å²) in [5.74, 6) is 0.0972. The van der Waals surface area contributed by atoms with Crippen LogP contribution in [0, 0.1) is 0 Å². The van der Waals surface area contributed by atoms with Crippen molar-refractivity contribution in [3.8, 4) is 0 Å². The molecule has 0 bridgehead atoms. The Morgan fingerprint density at radius 2 is 2.46 bits per heavy atom. The first-order valence-electron chi connectivity index (χ1n) is 4.00. The molecule has 1 aliphatic rings. The molecule has 3 nitrogen and oxygen atoms in total. The average Bonchev–Trinajstić information content (AvgIpc) is 2.10. The molecule has 72 valence electrons. The van der Waals surface area contributed by atoms with Crippen molar-refractivity contribution in [1.29, 1.82) is 0 Å². The fourth-order valence-electron chi connectivity index (χ4n) is 1.16. The minimum atomic E-state index is -0.910. The molecular formula is C9H11BrO3. The maximum absolute atomic E-state index is 10.5. The number of halogens is 1. The van der Waals surface area contributed by atoms with Crippen molar-refractivity contribution in [2.24, 2.45) is 0 Å². The lowest BCUT2D eigenvalue weighted by Crippen LogP contribution is -2.30. The lowest BCUT2D eigenvalue weighted by molar-refractivity contribution is -0.105. The Labute approximate surface area is 85.2 Å². The molecule has 0 aliphatic heterocycles. The third kappa shape index (κ3) is 2.19. The lowest BCUT2D eigenvalue weighted by atomic mass is 10.0. The fraction of sp³-hybridized carbons (Fsp3) is 0.444. The Kier molecular flexibility index (Phi) is 3.27. The highest BCUT2D eigenvalue weighted by atomic mass is 79.9. The van der Waals surface area contributed by atoms with Gasteiger partial charge in [0.15, 0.2) is 4.51 Å². The molecule has 0 aromatic heterocycles. The smallest absolute Gasteiger partial charge is 0.183 e. The largest absolute Gasteiger partial charge is 0.508 e. The van der Waals surface area contributed by atoms with Gasteiger partial charge >= 0.3 is 0 Å². The summed E-state index contributed by atoms with van der Waals surface area (Å²) < 4.78 is 4.40. The summed E-state index contributed by atoms with van der Waals surface area (Å²) in [6.45, 7) is 2.30. The number of alkyl halides is 1. The molecule has 0 radical (unpaired) electrons. The van der Waals surface area contributed by atoms with Crippen LogP contribution in [0.15, 0.2) is 23.5 Å². The Hall–Kier alpha value is -0.610. The fourth-order valence-corrected chi connectivity index (χ4v) is 1.84. The zero-order chi connectivity index (χ0) is 9.90. The molecule has 0 spiro atoms. The Morgan fingerprint density at radius 1 is 1.77 bits per heavy atom. The van der Waals surface area contributed by atoms with E-state index in [-0.39, 0.29) is 5.76 Å². The van der Waals surface area contributed by atoms with Gasteiger partial charge in [0.25, 0.3) is 0 Å². The molecular weight excluding hydrogens is 236 g/mol. The van der Waals surface area contributed by atoms with Crippen molar-refractivity contribution in [2.45, 2.75) is 17.9 Å². The zero-order valence-electron chi connectivity index (χ0n) is 7.29. The van der Waals surface area contributed by atoms with E-state index < -0.39 is 4.51 Å². The van der Waals surface area contributed by atoms with Crippen LogP contribution >= 0.6 is 15.9 Å². The summed E-state index contributed by atoms with van der Waals surface area (Å²) in [5, 5.41) is 9.50. The molecule has 1 rings (SSSR count). The summed E-state index contributed by atoms with van der Waals surface area (Å²) in [4.78, 5) is 10.5. The number of aldehydes is 1. The van der Waals surface area contributed by atoms with Crippen LogP contribution in [0.1, 0.15) is 13.3 Å². The van der Waals surface area contributed by atoms with Crippen LogP contribution in [-0.4, -0.2) is 22.5 Å². The van der Waals surface area contributed by atoms with Gasteiger partial charge in [-0.05, 0) is 34.5 Å². The first kappa shape index (κ1) is 10.5. The normalized spacial score (nSPS) is 27.8. The van der Waals surface area contributed by atoms with E-state index in [1.165, 1.54) is 6.08 Å². The molecule has 0 aromatic carbocycles. The average molecular weight is 247 g/mol. The highest BCUT2D eigenvalue weighted by molar-refractivity contribution is 9.10. The number of aliphatic hydroxyl groups is 1. The standard InChI is InChI=1S/C9H11BrO3/c1-2-13-9(10)5-7(6-11)3-4-8(9)12/h3-4,6,12H,2,5H2,1H3. The van der Waals surface area contributed by atoms with Gasteiger partial charge in [0.2, 0.25) is 0 Å². The minimum Gasteiger partial charge on any atom is -0.508 e. The SMILES string of the molecule is CCOC1(Br)CC(C=O)=CC=C1O. The molecule has 0 saturated heterocycles. The number of carbonyl (C=O) groups excluding carboxylic acids is 1. The van der Waals surface area contributed by atoms with Gasteiger partial charge in [-0.25, -0.2) is 0 Å². The Bertz CT molecular complexity index is 270. The summed E-state index contributed by atoms with van der Waals surface area (Å²) >= 11 is 3.26. The van der Waals surface area contributed by atoms with Crippen LogP contribution in [-0.2, 0) is 9.53 Å². The molecule has 0 fully saturated rings. The van der Waals surface area contributed by atoms with E-state index in [9.17, 15) is 9.90 Å². The second-order valence-corrected chi connectivity index (χ2v) is 4.03. The molecule has 0 heterocycles. The zero-order valence-corrected chi connectivity index (χ0v) is 8.87. The molecule has 1 unspecified atom stereocenters. The maximum atomic E-state index is 10.5. The second kappa shape index (κ2) is 4.07. The summed E-state index contributed by atoms with van der Waals surface area (Å²) in [7, 11) is 0. The van der Waals surface area contributed by atoms with Crippen LogP contribution in [0.2, 0.25) is 0 Å². The van der Waals surface area contributed by atoms with Gasteiger partial charge in [-0.2, -0.15) is 0 Å². The number of ether oxygens (including phenoxy) is 1. The summed E-state index contributed by atoms with van der Waals surface area (Å²) in [6.07, 6.45) is 4.17. The third-order valence-electron chi connectivity index (χ3n) is 1.79. The number of carbonyl (C=O) groups is 1. The molecule has 1 aliphatic carbocycles. The van der Waals surface area contributed by atoms with Gasteiger partial charge in [0, 0.05) is 13.0 Å². The second-order valence-electron chi connectivity index (χ2n) is 2.75. The van der Waals surface area contributed by atoms with Crippen molar-refractivity contribution < 1.29 is 14.6 Å². The van der Waals surface area contributed by atoms with Crippen molar-refractivity contribution in [3.05, 3.63) is 23.5 Å². The number of hydrogen-bond donors (Lipinski definition) is 1. The first-order chi connectivity index (χ1) is 6.12. The molecule has 1 atom stereocenters. The summed E-state index contributed by atoms with van der Waals surface area (Å²) in [6, 6.07) is 0. The van der Waals surface area contributed by atoms with Crippen LogP contribution < -0.4 is 0 Å². The number of allylic oxidation sites excluding steroid dienone is 2. The van der Waals surface area contributed by atoms with Crippen molar-refractivity contribution in [3.63, 3.8) is 0 Å². The summed E-state index contributed by atoms with van der Waals surface area (Å²) in [5.41, 5.74) is 0.600. The van der Waals surface area contributed by atoms with Gasteiger partial charge in [0.05, 0.1) is 0 Å². The predicted molar refractivity (Wildman–Crippen MR) is 52.8 cm³/mol. The first-order valence-corrected chi connectivity index (χ1v) is 4.80. The van der Waals surface area contributed by atoms with E-state index in [4.69, 9.17) is 4.74 Å². The molecule has 0 saturated carbocycles. The van der Waals surface area contributed by atoms with Crippen molar-refractivity contribution in [2.75, 3.05) is 6.61 Å². The quantitative estimate of drug-likeness (QED) is 0.613. The molecule has 13 heavy (non-hydrogen) atoms. The topological polar surface area (TPSA) is 46.5 Å². The molecule has 4 heteroatoms. The highest BCUT2D eigenvalue weighted by Crippen LogP contribution is 2.36. The van der Waals surface area contributed by atoms with Crippen LogP contribution in [0.5, 0.6) is 0 Å². The van der Waals surface area contributed by atoms with E-state index in [0.717, 1.165) is 6.29 Å². The van der Waals surface area contributed by atoms with Gasteiger partial charge in [0.1, 0.15) is 12.0 Å². The number of rotatable bonds is 3. The number of aliphatic hydroxyl groups excluding tert-OH is 1. The lowest BCUT2D eigenvalue weighted by Gasteiger charge is -2.28. The van der Waals surface area contributed by atoms with Crippen molar-refractivity contribution >= 4 is 22.2 Å². The van der Waals surface area contributed by atoms with E-state index >= 15 is 0 Å². The number of hydrogen-bond acceptors (Lipinski definition) is 3. The van der Waals surface area contributed by atoms with E-state index in [1.54, 1.807) is 6.08 Å². The third-order valence-corrected chi connectivity index (χ3v) is 2.71.